The Morgan fingerprint density at radius 1 is 1.21 bits per heavy atom. The highest BCUT2D eigenvalue weighted by Crippen LogP contribution is 2.34. The molecule has 0 fully saturated rings. The Kier molecular flexibility index (Phi) is 3.72. The number of anilines is 2. The summed E-state index contributed by atoms with van der Waals surface area (Å²) in [5.74, 6) is -0.473. The Morgan fingerprint density at radius 3 is 2.62 bits per heavy atom. The van der Waals surface area contributed by atoms with E-state index in [1.807, 2.05) is 0 Å². The summed E-state index contributed by atoms with van der Waals surface area (Å²) in [5.41, 5.74) is 0.765. The fourth-order valence-electron chi connectivity index (χ4n) is 2.49. The van der Waals surface area contributed by atoms with Crippen molar-refractivity contribution >= 4 is 33.0 Å². The van der Waals surface area contributed by atoms with Gasteiger partial charge in [0.1, 0.15) is 6.54 Å². The van der Waals surface area contributed by atoms with E-state index in [4.69, 9.17) is 0 Å². The Labute approximate surface area is 137 Å². The zero-order chi connectivity index (χ0) is 17.5. The van der Waals surface area contributed by atoms with E-state index in [1.165, 1.54) is 19.1 Å². The molecule has 1 amide bonds. The zero-order valence-corrected chi connectivity index (χ0v) is 13.4. The number of hydrogen-bond acceptors (Lipinski definition) is 5. The summed E-state index contributed by atoms with van der Waals surface area (Å²) >= 11 is 0. The largest absolute Gasteiger partial charge is 0.323 e. The van der Waals surface area contributed by atoms with Gasteiger partial charge in [0.2, 0.25) is 5.91 Å². The number of sulfonamides is 1. The van der Waals surface area contributed by atoms with Gasteiger partial charge < -0.3 is 5.32 Å². The number of nitrogens with zero attached hydrogens (tertiary/aromatic N) is 2. The number of rotatable bonds is 3. The molecule has 1 N–H and O–H groups in total. The number of fused-ring (bicyclic) bond motifs is 1. The van der Waals surface area contributed by atoms with Crippen LogP contribution in [0.25, 0.3) is 0 Å². The summed E-state index contributed by atoms with van der Waals surface area (Å²) in [6, 6.07) is 10.2. The summed E-state index contributed by atoms with van der Waals surface area (Å²) in [6.45, 7) is 1.14. The van der Waals surface area contributed by atoms with E-state index in [0.29, 0.717) is 16.9 Å². The van der Waals surface area contributed by atoms with Crippen molar-refractivity contribution in [2.24, 2.45) is 0 Å². The number of nitro benzene ring substituents is 1. The lowest BCUT2D eigenvalue weighted by Crippen LogP contribution is -2.42. The molecular formula is C15H13N3O5S. The third-order valence-electron chi connectivity index (χ3n) is 3.70. The van der Waals surface area contributed by atoms with E-state index in [2.05, 4.69) is 5.32 Å². The van der Waals surface area contributed by atoms with Crippen molar-refractivity contribution < 1.29 is 18.1 Å². The molecule has 3 rings (SSSR count). The van der Waals surface area contributed by atoms with E-state index in [9.17, 15) is 23.3 Å². The van der Waals surface area contributed by atoms with Crippen LogP contribution in [0, 0.1) is 17.0 Å². The molecule has 2 aromatic carbocycles. The van der Waals surface area contributed by atoms with Crippen molar-refractivity contribution in [2.45, 2.75) is 11.8 Å². The fraction of sp³-hybridized carbons (Fsp3) is 0.133. The van der Waals surface area contributed by atoms with Crippen LogP contribution in [-0.4, -0.2) is 25.8 Å². The molecule has 0 spiro atoms. The number of carbonyl (C=O) groups is 1. The third kappa shape index (κ3) is 2.58. The van der Waals surface area contributed by atoms with Crippen LogP contribution in [0.2, 0.25) is 0 Å². The molecule has 1 aliphatic heterocycles. The van der Waals surface area contributed by atoms with E-state index in [0.717, 1.165) is 10.4 Å². The quantitative estimate of drug-likeness (QED) is 0.675. The van der Waals surface area contributed by atoms with Gasteiger partial charge in [-0.05, 0) is 25.1 Å². The monoisotopic (exact) mass is 347 g/mol. The Bertz CT molecular complexity index is 955. The molecule has 0 unspecified atom stereocenters. The number of benzene rings is 2. The van der Waals surface area contributed by atoms with Gasteiger partial charge in [0.15, 0.2) is 0 Å². The fourth-order valence-corrected chi connectivity index (χ4v) is 3.95. The molecule has 1 heterocycles. The van der Waals surface area contributed by atoms with Crippen molar-refractivity contribution in [3.63, 3.8) is 0 Å². The molecule has 0 atom stereocenters. The maximum absolute atomic E-state index is 12.9. The van der Waals surface area contributed by atoms with Crippen LogP contribution < -0.4 is 9.62 Å². The molecule has 0 radical (unpaired) electrons. The van der Waals surface area contributed by atoms with Crippen LogP contribution >= 0.6 is 0 Å². The topological polar surface area (TPSA) is 110 Å². The molecule has 1 aliphatic rings. The molecular weight excluding hydrogens is 334 g/mol. The van der Waals surface area contributed by atoms with Crippen LogP contribution in [0.5, 0.6) is 0 Å². The first kappa shape index (κ1) is 15.9. The predicted octanol–water partition coefficient (Wildman–Crippen LogP) is 2.05. The molecule has 2 aromatic rings. The van der Waals surface area contributed by atoms with Gasteiger partial charge >= 0.3 is 0 Å². The highest BCUT2D eigenvalue weighted by atomic mass is 32.2. The highest BCUT2D eigenvalue weighted by molar-refractivity contribution is 7.92. The number of nitrogens with one attached hydrogen (secondary N) is 1. The minimum absolute atomic E-state index is 0.232. The maximum Gasteiger partial charge on any atom is 0.273 e. The van der Waals surface area contributed by atoms with Gasteiger partial charge in [-0.2, -0.15) is 0 Å². The summed E-state index contributed by atoms with van der Waals surface area (Å²) in [7, 11) is -4.11. The second kappa shape index (κ2) is 5.60. The molecule has 24 heavy (non-hydrogen) atoms. The third-order valence-corrected chi connectivity index (χ3v) is 5.46. The van der Waals surface area contributed by atoms with Crippen LogP contribution in [0.1, 0.15) is 5.56 Å². The summed E-state index contributed by atoms with van der Waals surface area (Å²) in [4.78, 5) is 22.0. The van der Waals surface area contributed by atoms with Crippen molar-refractivity contribution in [2.75, 3.05) is 16.2 Å². The maximum atomic E-state index is 12.9. The van der Waals surface area contributed by atoms with Crippen molar-refractivity contribution in [3.8, 4) is 0 Å². The average molecular weight is 347 g/mol. The molecule has 124 valence electrons. The molecule has 8 nitrogen and oxygen atoms in total. The van der Waals surface area contributed by atoms with Gasteiger partial charge in [-0.15, -0.1) is 0 Å². The lowest BCUT2D eigenvalue weighted by atomic mass is 10.2. The SMILES string of the molecule is Cc1ccc(S(=O)(=O)N2CC(=O)Nc3ccccc32)cc1[N+](=O)[O-]. The number of nitro groups is 1. The smallest absolute Gasteiger partial charge is 0.273 e. The molecule has 0 aliphatic carbocycles. The van der Waals surface area contributed by atoms with Gasteiger partial charge in [-0.3, -0.25) is 19.2 Å². The predicted molar refractivity (Wildman–Crippen MR) is 87.4 cm³/mol. The van der Waals surface area contributed by atoms with Crippen LogP contribution in [-0.2, 0) is 14.8 Å². The number of para-hydroxylation sites is 2. The molecule has 0 saturated carbocycles. The van der Waals surface area contributed by atoms with Crippen LogP contribution in [0.3, 0.4) is 0 Å². The number of aryl methyl sites for hydroxylation is 1. The van der Waals surface area contributed by atoms with E-state index in [1.54, 1.807) is 24.3 Å². The molecule has 0 bridgehead atoms. The Balaban J connectivity index is 2.14. The van der Waals surface area contributed by atoms with Gasteiger partial charge in [-0.25, -0.2) is 8.42 Å². The highest BCUT2D eigenvalue weighted by Gasteiger charge is 2.33. The normalized spacial score (nSPS) is 14.0. The Morgan fingerprint density at radius 2 is 1.92 bits per heavy atom. The first-order valence-corrected chi connectivity index (χ1v) is 8.41. The second-order valence-electron chi connectivity index (χ2n) is 5.28. The first-order chi connectivity index (χ1) is 11.3. The summed E-state index contributed by atoms with van der Waals surface area (Å²) < 4.78 is 26.8. The number of amides is 1. The minimum Gasteiger partial charge on any atom is -0.323 e. The van der Waals surface area contributed by atoms with Gasteiger partial charge in [-0.1, -0.05) is 18.2 Å². The van der Waals surface area contributed by atoms with Gasteiger partial charge in [0.25, 0.3) is 15.7 Å². The summed E-state index contributed by atoms with van der Waals surface area (Å²) in [5, 5.41) is 13.7. The van der Waals surface area contributed by atoms with E-state index < -0.39 is 20.9 Å². The van der Waals surface area contributed by atoms with Crippen LogP contribution in [0.15, 0.2) is 47.4 Å². The van der Waals surface area contributed by atoms with Crippen molar-refractivity contribution in [1.82, 2.24) is 0 Å². The van der Waals surface area contributed by atoms with Crippen LogP contribution in [0.4, 0.5) is 17.1 Å². The summed E-state index contributed by atoms with van der Waals surface area (Å²) in [6.07, 6.45) is 0. The lowest BCUT2D eigenvalue weighted by Gasteiger charge is -2.30. The number of hydrogen-bond donors (Lipinski definition) is 1. The van der Waals surface area contributed by atoms with Gasteiger partial charge in [0, 0.05) is 11.6 Å². The molecule has 0 aromatic heterocycles. The first-order valence-electron chi connectivity index (χ1n) is 6.97. The minimum atomic E-state index is -4.11. The average Bonchev–Trinajstić information content (AvgIpc) is 2.53. The Hall–Kier alpha value is -2.94. The standard InChI is InChI=1S/C15H13N3O5S/c1-10-6-7-11(8-14(10)18(20)21)24(22,23)17-9-15(19)16-12-4-2-3-5-13(12)17/h2-8H,9H2,1H3,(H,16,19). The molecule has 0 saturated heterocycles. The molecule has 9 heteroatoms. The van der Waals surface area contributed by atoms with Crippen molar-refractivity contribution in [3.05, 3.63) is 58.1 Å². The number of carbonyl (C=O) groups excluding carboxylic acids is 1. The van der Waals surface area contributed by atoms with E-state index >= 15 is 0 Å². The van der Waals surface area contributed by atoms with Crippen molar-refractivity contribution in [1.29, 1.82) is 0 Å². The zero-order valence-electron chi connectivity index (χ0n) is 12.6. The van der Waals surface area contributed by atoms with Gasteiger partial charge in [0.05, 0.1) is 21.2 Å². The second-order valence-corrected chi connectivity index (χ2v) is 7.14. The lowest BCUT2D eigenvalue weighted by molar-refractivity contribution is -0.385. The van der Waals surface area contributed by atoms with E-state index in [-0.39, 0.29) is 17.1 Å².